The van der Waals surface area contributed by atoms with Crippen LogP contribution in [0.15, 0.2) is 29.2 Å². The highest BCUT2D eigenvalue weighted by Crippen LogP contribution is 2.33. The molecule has 3 saturated heterocycles. The predicted molar refractivity (Wildman–Crippen MR) is 106 cm³/mol. The maximum Gasteiger partial charge on any atom is 0.241 e. The quantitative estimate of drug-likeness (QED) is 0.846. The van der Waals surface area contributed by atoms with Crippen LogP contribution in [0.2, 0.25) is 0 Å². The number of aryl methyl sites for hydroxylation is 1. The lowest BCUT2D eigenvalue weighted by atomic mass is 9.87. The van der Waals surface area contributed by atoms with Gasteiger partial charge in [-0.2, -0.15) is 0 Å². The fraction of sp³-hybridized carbons (Fsp3) is 0.650. The second-order valence-electron chi connectivity index (χ2n) is 8.00. The lowest BCUT2D eigenvalue weighted by molar-refractivity contribution is -0.135. The highest BCUT2D eigenvalue weighted by Gasteiger charge is 2.44. The van der Waals surface area contributed by atoms with Gasteiger partial charge in [-0.1, -0.05) is 18.2 Å². The zero-order valence-electron chi connectivity index (χ0n) is 15.8. The Balaban J connectivity index is 1.32. The van der Waals surface area contributed by atoms with Crippen LogP contribution in [0.1, 0.15) is 24.8 Å². The molecule has 0 radical (unpaired) electrons. The van der Waals surface area contributed by atoms with Crippen molar-refractivity contribution in [1.29, 1.82) is 0 Å². The zero-order chi connectivity index (χ0) is 18.1. The van der Waals surface area contributed by atoms with Crippen molar-refractivity contribution in [3.8, 4) is 0 Å². The monoisotopic (exact) mass is 374 g/mol. The molecule has 26 heavy (non-hydrogen) atoms. The first-order valence-corrected chi connectivity index (χ1v) is 10.7. The molecule has 1 aromatic carbocycles. The minimum atomic E-state index is -0.0664. The molecule has 3 aliphatic heterocycles. The number of thioether (sulfide) groups is 1. The molecule has 3 fully saturated rings. The zero-order valence-corrected chi connectivity index (χ0v) is 16.6. The predicted octanol–water partition coefficient (Wildman–Crippen LogP) is 1.87. The molecule has 2 N–H and O–H groups in total. The van der Waals surface area contributed by atoms with E-state index >= 15 is 0 Å². The molecule has 3 atom stereocenters. The van der Waals surface area contributed by atoms with Crippen LogP contribution in [0.4, 0.5) is 0 Å². The molecule has 3 heterocycles. The first-order chi connectivity index (χ1) is 12.6. The van der Waals surface area contributed by atoms with E-state index in [9.17, 15) is 4.79 Å². The van der Waals surface area contributed by atoms with Crippen LogP contribution in [0.3, 0.4) is 0 Å². The van der Waals surface area contributed by atoms with Crippen LogP contribution in [0.5, 0.6) is 0 Å². The Morgan fingerprint density at radius 3 is 2.65 bits per heavy atom. The molecule has 0 aromatic heterocycles. The number of hydrazine groups is 1. The van der Waals surface area contributed by atoms with E-state index in [4.69, 9.17) is 0 Å². The van der Waals surface area contributed by atoms with E-state index in [0.29, 0.717) is 23.1 Å². The van der Waals surface area contributed by atoms with Crippen molar-refractivity contribution in [3.05, 3.63) is 29.8 Å². The van der Waals surface area contributed by atoms with Crippen molar-refractivity contribution in [2.45, 2.75) is 48.4 Å². The fourth-order valence-electron chi connectivity index (χ4n) is 4.48. The third-order valence-corrected chi connectivity index (χ3v) is 7.64. The smallest absolute Gasteiger partial charge is 0.241 e. The van der Waals surface area contributed by atoms with Crippen LogP contribution >= 0.6 is 11.8 Å². The van der Waals surface area contributed by atoms with Crippen molar-refractivity contribution in [3.63, 3.8) is 0 Å². The number of fused-ring (bicyclic) bond motifs is 1. The highest BCUT2D eigenvalue weighted by atomic mass is 32.2. The molecule has 0 saturated carbocycles. The number of carbonyl (C=O) groups excluding carboxylic acids is 1. The lowest BCUT2D eigenvalue weighted by Crippen LogP contribution is -2.52. The topological polar surface area (TPSA) is 47.6 Å². The van der Waals surface area contributed by atoms with E-state index in [0.717, 1.165) is 45.4 Å². The SMILES string of the molecule is Cc1ccccc1SC1CCN(C(=O)C2NNC3CCN(C)CC32)CC1. The van der Waals surface area contributed by atoms with Crippen LogP contribution in [0.25, 0.3) is 0 Å². The molecule has 6 heteroatoms. The summed E-state index contributed by atoms with van der Waals surface area (Å²) in [5, 5.41) is 0.614. The van der Waals surface area contributed by atoms with E-state index in [2.05, 4.69) is 58.9 Å². The van der Waals surface area contributed by atoms with Gasteiger partial charge in [0.2, 0.25) is 5.91 Å². The fourth-order valence-corrected chi connectivity index (χ4v) is 5.69. The van der Waals surface area contributed by atoms with E-state index < -0.39 is 0 Å². The lowest BCUT2D eigenvalue weighted by Gasteiger charge is -2.37. The van der Waals surface area contributed by atoms with Crippen LogP contribution in [-0.4, -0.2) is 66.3 Å². The Labute approximate surface area is 160 Å². The summed E-state index contributed by atoms with van der Waals surface area (Å²) >= 11 is 1.98. The Morgan fingerprint density at radius 1 is 1.12 bits per heavy atom. The number of rotatable bonds is 3. The number of hydrogen-bond acceptors (Lipinski definition) is 5. The van der Waals surface area contributed by atoms with Gasteiger partial charge in [0, 0.05) is 41.7 Å². The molecule has 3 unspecified atom stereocenters. The standard InChI is InChI=1S/C20H30N4OS/c1-14-5-3-4-6-18(14)26-15-7-11-24(12-8-15)20(25)19-16-13-23(2)10-9-17(16)21-22-19/h3-6,15-17,19,21-22H,7-13H2,1-2H3. The molecule has 0 bridgehead atoms. The van der Waals surface area contributed by atoms with Gasteiger partial charge < -0.3 is 9.80 Å². The van der Waals surface area contributed by atoms with Crippen LogP contribution in [-0.2, 0) is 4.79 Å². The maximum absolute atomic E-state index is 13.1. The molecule has 142 valence electrons. The van der Waals surface area contributed by atoms with Gasteiger partial charge in [0.05, 0.1) is 0 Å². The number of carbonyl (C=O) groups is 1. The second kappa shape index (κ2) is 7.89. The van der Waals surface area contributed by atoms with Crippen molar-refractivity contribution in [2.75, 3.05) is 33.2 Å². The summed E-state index contributed by atoms with van der Waals surface area (Å²) in [7, 11) is 2.16. The van der Waals surface area contributed by atoms with E-state index in [1.165, 1.54) is 10.5 Å². The summed E-state index contributed by atoms with van der Waals surface area (Å²) in [6.45, 7) is 6.05. The number of nitrogens with zero attached hydrogens (tertiary/aromatic N) is 2. The van der Waals surface area contributed by atoms with Gasteiger partial charge >= 0.3 is 0 Å². The molecule has 4 rings (SSSR count). The molecular weight excluding hydrogens is 344 g/mol. The van der Waals surface area contributed by atoms with Crippen molar-refractivity contribution in [1.82, 2.24) is 20.7 Å². The summed E-state index contributed by atoms with van der Waals surface area (Å²) in [4.78, 5) is 18.9. The van der Waals surface area contributed by atoms with E-state index in [1.807, 2.05) is 11.8 Å². The third-order valence-electron chi connectivity index (χ3n) is 6.12. The number of likely N-dealkylation sites (tertiary alicyclic amines) is 2. The minimum Gasteiger partial charge on any atom is -0.341 e. The average Bonchev–Trinajstić information content (AvgIpc) is 3.06. The van der Waals surface area contributed by atoms with Gasteiger partial charge in [-0.15, -0.1) is 11.8 Å². The summed E-state index contributed by atoms with van der Waals surface area (Å²) in [6, 6.07) is 8.98. The molecule has 3 aliphatic rings. The summed E-state index contributed by atoms with van der Waals surface area (Å²) in [5.74, 6) is 0.681. The highest BCUT2D eigenvalue weighted by molar-refractivity contribution is 8.00. The van der Waals surface area contributed by atoms with E-state index in [-0.39, 0.29) is 6.04 Å². The van der Waals surface area contributed by atoms with Gasteiger partial charge in [0.1, 0.15) is 6.04 Å². The maximum atomic E-state index is 13.1. The molecule has 0 spiro atoms. The normalized spacial score (nSPS) is 30.4. The van der Waals surface area contributed by atoms with Crippen LogP contribution < -0.4 is 10.9 Å². The number of piperidine rings is 2. The van der Waals surface area contributed by atoms with Gasteiger partial charge in [0.15, 0.2) is 0 Å². The van der Waals surface area contributed by atoms with Gasteiger partial charge in [-0.3, -0.25) is 10.2 Å². The first kappa shape index (κ1) is 18.3. The van der Waals surface area contributed by atoms with Crippen molar-refractivity contribution >= 4 is 17.7 Å². The Kier molecular flexibility index (Phi) is 5.55. The molecule has 0 aliphatic carbocycles. The third kappa shape index (κ3) is 3.79. The summed E-state index contributed by atoms with van der Waals surface area (Å²) in [6.07, 6.45) is 3.28. The average molecular weight is 375 g/mol. The molecule has 5 nitrogen and oxygen atoms in total. The number of nitrogens with one attached hydrogen (secondary N) is 2. The summed E-state index contributed by atoms with van der Waals surface area (Å²) < 4.78 is 0. The summed E-state index contributed by atoms with van der Waals surface area (Å²) in [5.41, 5.74) is 8.02. The molecule has 1 aromatic rings. The van der Waals surface area contributed by atoms with Crippen molar-refractivity contribution in [2.24, 2.45) is 5.92 Å². The first-order valence-electron chi connectivity index (χ1n) is 9.82. The van der Waals surface area contributed by atoms with Gasteiger partial charge in [-0.25, -0.2) is 5.43 Å². The largest absolute Gasteiger partial charge is 0.341 e. The van der Waals surface area contributed by atoms with E-state index in [1.54, 1.807) is 0 Å². The second-order valence-corrected chi connectivity index (χ2v) is 9.34. The minimum absolute atomic E-state index is 0.0664. The Hall–Kier alpha value is -1.08. The number of hydrogen-bond donors (Lipinski definition) is 2. The number of benzene rings is 1. The molecule has 1 amide bonds. The van der Waals surface area contributed by atoms with Gasteiger partial charge in [0.25, 0.3) is 0 Å². The van der Waals surface area contributed by atoms with Crippen LogP contribution in [0, 0.1) is 12.8 Å². The Morgan fingerprint density at radius 2 is 1.88 bits per heavy atom. The van der Waals surface area contributed by atoms with Crippen molar-refractivity contribution < 1.29 is 4.79 Å². The van der Waals surface area contributed by atoms with Gasteiger partial charge in [-0.05, 0) is 51.4 Å². The number of amides is 1. The Bertz CT molecular complexity index is 646. The molecular formula is C20H30N4OS.